The molecule has 1 fully saturated rings. The van der Waals surface area contributed by atoms with Crippen LogP contribution in [-0.4, -0.2) is 47.1 Å². The quantitative estimate of drug-likeness (QED) is 0.736. The minimum Gasteiger partial charge on any atom is -0.394 e. The second-order valence-electron chi connectivity index (χ2n) is 4.93. The molecule has 5 heteroatoms. The van der Waals surface area contributed by atoms with Crippen LogP contribution in [0.2, 0.25) is 0 Å². The number of likely N-dealkylation sites (tertiary alicyclic amines) is 1. The zero-order chi connectivity index (χ0) is 13.0. The van der Waals surface area contributed by atoms with Crippen molar-refractivity contribution in [3.05, 3.63) is 0 Å². The highest BCUT2D eigenvalue weighted by molar-refractivity contribution is 5.87. The van der Waals surface area contributed by atoms with Crippen LogP contribution in [0.3, 0.4) is 0 Å². The third-order valence-corrected chi connectivity index (χ3v) is 3.16. The lowest BCUT2D eigenvalue weighted by Gasteiger charge is -2.30. The molecule has 0 bridgehead atoms. The van der Waals surface area contributed by atoms with Gasteiger partial charge in [0.2, 0.25) is 11.8 Å². The molecule has 98 valence electrons. The van der Waals surface area contributed by atoms with E-state index in [4.69, 9.17) is 0 Å². The fourth-order valence-electron chi connectivity index (χ4n) is 2.23. The van der Waals surface area contributed by atoms with Crippen molar-refractivity contribution in [3.63, 3.8) is 0 Å². The molecule has 17 heavy (non-hydrogen) atoms. The summed E-state index contributed by atoms with van der Waals surface area (Å²) in [6.07, 6.45) is 1.76. The average Bonchev–Trinajstić information content (AvgIpc) is 2.72. The van der Waals surface area contributed by atoms with Gasteiger partial charge in [-0.25, -0.2) is 0 Å². The summed E-state index contributed by atoms with van der Waals surface area (Å²) < 4.78 is 0. The molecule has 1 rings (SSSR count). The molecular formula is C12H22N2O3. The molecule has 2 N–H and O–H groups in total. The van der Waals surface area contributed by atoms with E-state index in [9.17, 15) is 14.7 Å². The topological polar surface area (TPSA) is 69.6 Å². The second-order valence-corrected chi connectivity index (χ2v) is 4.93. The Morgan fingerprint density at radius 2 is 2.12 bits per heavy atom. The van der Waals surface area contributed by atoms with Crippen LogP contribution in [0.4, 0.5) is 0 Å². The minimum atomic E-state index is -0.486. The highest BCUT2D eigenvalue weighted by Gasteiger charge is 2.34. The molecule has 1 heterocycles. The summed E-state index contributed by atoms with van der Waals surface area (Å²) in [6, 6.07) is -0.572. The Balaban J connectivity index is 2.73. The maximum absolute atomic E-state index is 12.3. The van der Waals surface area contributed by atoms with E-state index in [1.807, 2.05) is 13.8 Å². The number of aliphatic hydroxyl groups is 1. The molecule has 0 aromatic rings. The number of rotatable bonds is 4. The molecule has 2 unspecified atom stereocenters. The van der Waals surface area contributed by atoms with Crippen LogP contribution < -0.4 is 5.32 Å². The largest absolute Gasteiger partial charge is 0.394 e. The number of nitrogens with one attached hydrogen (secondary N) is 1. The number of carbonyl (C=O) groups is 2. The fourth-order valence-corrected chi connectivity index (χ4v) is 2.23. The zero-order valence-corrected chi connectivity index (χ0v) is 10.8. The van der Waals surface area contributed by atoms with E-state index < -0.39 is 6.04 Å². The van der Waals surface area contributed by atoms with E-state index in [1.54, 1.807) is 4.90 Å². The van der Waals surface area contributed by atoms with Crippen molar-refractivity contribution in [1.82, 2.24) is 10.2 Å². The molecule has 1 aliphatic heterocycles. The highest BCUT2D eigenvalue weighted by atomic mass is 16.3. The Morgan fingerprint density at radius 1 is 1.47 bits per heavy atom. The van der Waals surface area contributed by atoms with Gasteiger partial charge in [0, 0.05) is 13.5 Å². The number of aliphatic hydroxyl groups excluding tert-OH is 1. The van der Waals surface area contributed by atoms with Crippen molar-refractivity contribution in [2.75, 3.05) is 13.2 Å². The summed E-state index contributed by atoms with van der Waals surface area (Å²) in [4.78, 5) is 25.1. The minimum absolute atomic E-state index is 0.00335. The molecule has 2 amide bonds. The second kappa shape index (κ2) is 6.00. The van der Waals surface area contributed by atoms with Crippen LogP contribution in [0, 0.1) is 5.92 Å². The highest BCUT2D eigenvalue weighted by Crippen LogP contribution is 2.19. The van der Waals surface area contributed by atoms with Gasteiger partial charge in [-0.05, 0) is 18.8 Å². The Morgan fingerprint density at radius 3 is 2.59 bits per heavy atom. The summed E-state index contributed by atoms with van der Waals surface area (Å²) in [5.74, 6) is -0.227. The van der Waals surface area contributed by atoms with Crippen molar-refractivity contribution in [2.45, 2.75) is 45.7 Å². The Labute approximate surface area is 102 Å². The van der Waals surface area contributed by atoms with Gasteiger partial charge in [-0.3, -0.25) is 9.59 Å². The monoisotopic (exact) mass is 242 g/mol. The predicted molar refractivity (Wildman–Crippen MR) is 64.3 cm³/mol. The average molecular weight is 242 g/mol. The zero-order valence-electron chi connectivity index (χ0n) is 10.8. The van der Waals surface area contributed by atoms with Crippen LogP contribution in [0.25, 0.3) is 0 Å². The molecule has 5 nitrogen and oxygen atoms in total. The standard InChI is InChI=1S/C12H22N2O3/c1-8(2)11(13-9(3)16)12(17)14-6-4-5-10(14)7-15/h8,10-11,15H,4-7H2,1-3H3,(H,13,16). The maximum atomic E-state index is 12.3. The van der Waals surface area contributed by atoms with Crippen LogP contribution in [0.15, 0.2) is 0 Å². The molecule has 0 saturated carbocycles. The van der Waals surface area contributed by atoms with Crippen molar-refractivity contribution in [3.8, 4) is 0 Å². The number of hydrogen-bond donors (Lipinski definition) is 2. The normalized spacial score (nSPS) is 21.7. The lowest BCUT2D eigenvalue weighted by molar-refractivity contribution is -0.138. The van der Waals surface area contributed by atoms with Gasteiger partial charge in [-0.2, -0.15) is 0 Å². The SMILES string of the molecule is CC(=O)NC(C(=O)N1CCCC1CO)C(C)C. The summed E-state index contributed by atoms with van der Waals surface area (Å²) in [5.41, 5.74) is 0. The first kappa shape index (κ1) is 14.0. The van der Waals surface area contributed by atoms with Crippen LogP contribution in [0.1, 0.15) is 33.6 Å². The van der Waals surface area contributed by atoms with E-state index in [0.29, 0.717) is 6.54 Å². The van der Waals surface area contributed by atoms with E-state index >= 15 is 0 Å². The molecule has 0 radical (unpaired) electrons. The third-order valence-electron chi connectivity index (χ3n) is 3.16. The number of nitrogens with zero attached hydrogens (tertiary/aromatic N) is 1. The van der Waals surface area contributed by atoms with Crippen molar-refractivity contribution in [1.29, 1.82) is 0 Å². The Kier molecular flexibility index (Phi) is 4.93. The molecule has 2 atom stereocenters. The first-order valence-electron chi connectivity index (χ1n) is 6.15. The van der Waals surface area contributed by atoms with Gasteiger partial charge in [0.05, 0.1) is 12.6 Å². The Bertz CT molecular complexity index is 291. The third kappa shape index (κ3) is 3.43. The number of amides is 2. The van der Waals surface area contributed by atoms with Gasteiger partial charge in [0.25, 0.3) is 0 Å². The van der Waals surface area contributed by atoms with Gasteiger partial charge >= 0.3 is 0 Å². The van der Waals surface area contributed by atoms with Gasteiger partial charge in [0.1, 0.15) is 6.04 Å². The fraction of sp³-hybridized carbons (Fsp3) is 0.833. The molecule has 1 saturated heterocycles. The van der Waals surface area contributed by atoms with Crippen molar-refractivity contribution < 1.29 is 14.7 Å². The van der Waals surface area contributed by atoms with Crippen LogP contribution >= 0.6 is 0 Å². The molecule has 0 aromatic carbocycles. The van der Waals surface area contributed by atoms with Crippen LogP contribution in [0.5, 0.6) is 0 Å². The Hall–Kier alpha value is -1.10. The smallest absolute Gasteiger partial charge is 0.245 e. The van der Waals surface area contributed by atoms with Crippen molar-refractivity contribution in [2.24, 2.45) is 5.92 Å². The predicted octanol–water partition coefficient (Wildman–Crippen LogP) is 0.130. The van der Waals surface area contributed by atoms with Gasteiger partial charge < -0.3 is 15.3 Å². The summed E-state index contributed by atoms with van der Waals surface area (Å²) in [6.45, 7) is 5.89. The van der Waals surface area contributed by atoms with E-state index in [2.05, 4.69) is 5.32 Å². The summed E-state index contributed by atoms with van der Waals surface area (Å²) in [7, 11) is 0. The first-order chi connectivity index (χ1) is 7.97. The van der Waals surface area contributed by atoms with Crippen molar-refractivity contribution >= 4 is 11.8 Å². The maximum Gasteiger partial charge on any atom is 0.245 e. The number of hydrogen-bond acceptors (Lipinski definition) is 3. The lowest BCUT2D eigenvalue weighted by Crippen LogP contribution is -2.52. The lowest BCUT2D eigenvalue weighted by atomic mass is 10.0. The van der Waals surface area contributed by atoms with Gasteiger partial charge in [-0.1, -0.05) is 13.8 Å². The molecule has 1 aliphatic rings. The van der Waals surface area contributed by atoms with E-state index in [0.717, 1.165) is 12.8 Å². The van der Waals surface area contributed by atoms with Crippen LogP contribution in [-0.2, 0) is 9.59 Å². The van der Waals surface area contributed by atoms with E-state index in [-0.39, 0.29) is 30.4 Å². The molecule has 0 aliphatic carbocycles. The van der Waals surface area contributed by atoms with E-state index in [1.165, 1.54) is 6.92 Å². The summed E-state index contributed by atoms with van der Waals surface area (Å²) >= 11 is 0. The molecular weight excluding hydrogens is 220 g/mol. The molecule has 0 aromatic heterocycles. The van der Waals surface area contributed by atoms with Gasteiger partial charge in [0.15, 0.2) is 0 Å². The first-order valence-corrected chi connectivity index (χ1v) is 6.15. The number of carbonyl (C=O) groups excluding carboxylic acids is 2. The molecule has 0 spiro atoms. The summed E-state index contributed by atoms with van der Waals surface area (Å²) in [5, 5.41) is 11.9. The van der Waals surface area contributed by atoms with Gasteiger partial charge in [-0.15, -0.1) is 0 Å².